The second-order valence-electron chi connectivity index (χ2n) is 7.24. The zero-order valence-electron chi connectivity index (χ0n) is 11.6. The summed E-state index contributed by atoms with van der Waals surface area (Å²) in [6, 6.07) is 0. The molecule has 94 valence electrons. The van der Waals surface area contributed by atoms with Gasteiger partial charge in [-0.15, -0.1) is 0 Å². The maximum absolute atomic E-state index is 2.61. The van der Waals surface area contributed by atoms with E-state index in [0.29, 0.717) is 10.8 Å². The molecule has 0 aromatic rings. The fourth-order valence-electron chi connectivity index (χ4n) is 4.47. The number of rotatable bonds is 1. The van der Waals surface area contributed by atoms with Gasteiger partial charge in [0.25, 0.3) is 0 Å². The average molecular weight is 222 g/mol. The minimum absolute atomic E-state index is 0.642. The Morgan fingerprint density at radius 1 is 0.750 bits per heavy atom. The van der Waals surface area contributed by atoms with Crippen LogP contribution < -0.4 is 0 Å². The minimum atomic E-state index is 0.642. The van der Waals surface area contributed by atoms with Gasteiger partial charge < -0.3 is 0 Å². The molecule has 0 aliphatic heterocycles. The minimum Gasteiger partial charge on any atom is -0.0625 e. The average Bonchev–Trinajstić information content (AvgIpc) is 2.42. The fraction of sp³-hybridized carbons (Fsp3) is 1.00. The van der Waals surface area contributed by atoms with Crippen molar-refractivity contribution in [1.29, 1.82) is 0 Å². The van der Waals surface area contributed by atoms with Crippen LogP contribution in [0.5, 0.6) is 0 Å². The Labute approximate surface area is 102 Å². The van der Waals surface area contributed by atoms with Crippen LogP contribution in [-0.2, 0) is 0 Å². The van der Waals surface area contributed by atoms with Gasteiger partial charge in [0, 0.05) is 0 Å². The van der Waals surface area contributed by atoms with E-state index in [9.17, 15) is 0 Å². The van der Waals surface area contributed by atoms with Crippen LogP contribution in [0, 0.1) is 16.7 Å². The van der Waals surface area contributed by atoms with E-state index in [-0.39, 0.29) is 0 Å². The summed E-state index contributed by atoms with van der Waals surface area (Å²) in [6.45, 7) is 7.69. The molecule has 0 heterocycles. The molecule has 2 aliphatic rings. The highest BCUT2D eigenvalue weighted by Gasteiger charge is 2.45. The Kier molecular flexibility index (Phi) is 3.66. The molecule has 2 fully saturated rings. The van der Waals surface area contributed by atoms with E-state index in [4.69, 9.17) is 0 Å². The normalized spacial score (nSPS) is 40.3. The predicted octanol–water partition coefficient (Wildman–Crippen LogP) is 5.56. The molecule has 2 rings (SSSR count). The molecule has 0 amide bonds. The number of hydrogen-bond acceptors (Lipinski definition) is 0. The lowest BCUT2D eigenvalue weighted by Gasteiger charge is -2.50. The zero-order valence-corrected chi connectivity index (χ0v) is 11.6. The largest absolute Gasteiger partial charge is 0.0625 e. The second-order valence-corrected chi connectivity index (χ2v) is 7.24. The molecule has 0 nitrogen and oxygen atoms in total. The molecule has 2 saturated carbocycles. The standard InChI is InChI=1S/C16H30/c1-14-9-5-8-12-16(3,13-14)15(2)10-6-4-7-11-15/h14H,4-13H2,1-3H3. The molecule has 0 N–H and O–H groups in total. The third-order valence-corrected chi connectivity index (χ3v) is 5.89. The zero-order chi connectivity index (χ0) is 11.6. The van der Waals surface area contributed by atoms with Crippen molar-refractivity contribution in [3.63, 3.8) is 0 Å². The summed E-state index contributed by atoms with van der Waals surface area (Å²) in [5, 5.41) is 0. The van der Waals surface area contributed by atoms with E-state index in [1.54, 1.807) is 0 Å². The first-order valence-electron chi connectivity index (χ1n) is 7.56. The Hall–Kier alpha value is 0. The van der Waals surface area contributed by atoms with E-state index in [1.165, 1.54) is 64.2 Å². The molecule has 0 bridgehead atoms. The molecule has 2 atom stereocenters. The van der Waals surface area contributed by atoms with E-state index in [1.807, 2.05) is 0 Å². The van der Waals surface area contributed by atoms with Gasteiger partial charge in [-0.05, 0) is 42.4 Å². The van der Waals surface area contributed by atoms with Crippen molar-refractivity contribution >= 4 is 0 Å². The van der Waals surface area contributed by atoms with Gasteiger partial charge in [-0.1, -0.05) is 59.3 Å². The second kappa shape index (κ2) is 4.70. The van der Waals surface area contributed by atoms with Crippen LogP contribution in [0.1, 0.15) is 85.0 Å². The first-order chi connectivity index (χ1) is 7.56. The van der Waals surface area contributed by atoms with Crippen molar-refractivity contribution in [1.82, 2.24) is 0 Å². The molecule has 16 heavy (non-hydrogen) atoms. The third-order valence-electron chi connectivity index (χ3n) is 5.89. The molecular formula is C16H30. The molecule has 0 radical (unpaired) electrons. The molecule has 0 saturated heterocycles. The van der Waals surface area contributed by atoms with E-state index < -0.39 is 0 Å². The lowest BCUT2D eigenvalue weighted by Crippen LogP contribution is -2.39. The third kappa shape index (κ3) is 2.31. The van der Waals surface area contributed by atoms with Crippen LogP contribution in [0.15, 0.2) is 0 Å². The summed E-state index contributed by atoms with van der Waals surface area (Å²) < 4.78 is 0. The smallest absolute Gasteiger partial charge is 0.0269 e. The van der Waals surface area contributed by atoms with Crippen LogP contribution in [0.2, 0.25) is 0 Å². The van der Waals surface area contributed by atoms with Gasteiger partial charge in [-0.2, -0.15) is 0 Å². The van der Waals surface area contributed by atoms with Gasteiger partial charge in [0.15, 0.2) is 0 Å². The van der Waals surface area contributed by atoms with Crippen molar-refractivity contribution in [2.24, 2.45) is 16.7 Å². The van der Waals surface area contributed by atoms with Crippen LogP contribution in [0.4, 0.5) is 0 Å². The summed E-state index contributed by atoms with van der Waals surface area (Å²) in [5.74, 6) is 0.964. The number of hydrogen-bond donors (Lipinski definition) is 0. The van der Waals surface area contributed by atoms with Crippen molar-refractivity contribution in [3.05, 3.63) is 0 Å². The molecule has 2 aliphatic carbocycles. The molecule has 0 spiro atoms. The fourth-order valence-corrected chi connectivity index (χ4v) is 4.47. The first-order valence-corrected chi connectivity index (χ1v) is 7.56. The van der Waals surface area contributed by atoms with Crippen molar-refractivity contribution in [2.45, 2.75) is 85.0 Å². The van der Waals surface area contributed by atoms with Crippen LogP contribution in [0.3, 0.4) is 0 Å². The van der Waals surface area contributed by atoms with Crippen LogP contribution >= 0.6 is 0 Å². The van der Waals surface area contributed by atoms with Gasteiger partial charge in [0.2, 0.25) is 0 Å². The van der Waals surface area contributed by atoms with Gasteiger partial charge in [0.1, 0.15) is 0 Å². The first kappa shape index (κ1) is 12.5. The summed E-state index contributed by atoms with van der Waals surface area (Å²) in [7, 11) is 0. The van der Waals surface area contributed by atoms with Gasteiger partial charge in [-0.3, -0.25) is 0 Å². The van der Waals surface area contributed by atoms with E-state index in [0.717, 1.165) is 5.92 Å². The van der Waals surface area contributed by atoms with Crippen LogP contribution in [-0.4, -0.2) is 0 Å². The summed E-state index contributed by atoms with van der Waals surface area (Å²) >= 11 is 0. The Bertz CT molecular complexity index is 224. The maximum Gasteiger partial charge on any atom is -0.0269 e. The lowest BCUT2D eigenvalue weighted by atomic mass is 9.55. The van der Waals surface area contributed by atoms with Gasteiger partial charge in [0.05, 0.1) is 0 Å². The Morgan fingerprint density at radius 3 is 2.00 bits per heavy atom. The monoisotopic (exact) mass is 222 g/mol. The quantitative estimate of drug-likeness (QED) is 0.509. The SMILES string of the molecule is CC1CCCCC(C)(C2(C)CCCCC2)C1. The summed E-state index contributed by atoms with van der Waals surface area (Å²) in [6.07, 6.45) is 14.9. The van der Waals surface area contributed by atoms with E-state index >= 15 is 0 Å². The highest BCUT2D eigenvalue weighted by atomic mass is 14.5. The van der Waals surface area contributed by atoms with Crippen molar-refractivity contribution < 1.29 is 0 Å². The topological polar surface area (TPSA) is 0 Å². The highest BCUT2D eigenvalue weighted by Crippen LogP contribution is 2.56. The maximum atomic E-state index is 2.61. The molecular weight excluding hydrogens is 192 g/mol. The van der Waals surface area contributed by atoms with Gasteiger partial charge in [-0.25, -0.2) is 0 Å². The van der Waals surface area contributed by atoms with E-state index in [2.05, 4.69) is 20.8 Å². The molecule has 0 aromatic carbocycles. The molecule has 0 heteroatoms. The summed E-state index contributed by atoms with van der Waals surface area (Å²) in [4.78, 5) is 0. The van der Waals surface area contributed by atoms with Crippen LogP contribution in [0.25, 0.3) is 0 Å². The highest BCUT2D eigenvalue weighted by molar-refractivity contribution is 4.95. The Morgan fingerprint density at radius 2 is 1.31 bits per heavy atom. The van der Waals surface area contributed by atoms with Crippen molar-refractivity contribution in [3.8, 4) is 0 Å². The summed E-state index contributed by atoms with van der Waals surface area (Å²) in [5.41, 5.74) is 1.30. The molecule has 0 aromatic heterocycles. The molecule has 2 unspecified atom stereocenters. The predicted molar refractivity (Wildman–Crippen MR) is 71.5 cm³/mol. The Balaban J connectivity index is 2.14. The lowest BCUT2D eigenvalue weighted by molar-refractivity contribution is 0.00572. The van der Waals surface area contributed by atoms with Gasteiger partial charge >= 0.3 is 0 Å². The van der Waals surface area contributed by atoms with Crippen molar-refractivity contribution in [2.75, 3.05) is 0 Å².